The molecule has 0 saturated heterocycles. The third kappa shape index (κ3) is 8.30. The van der Waals surface area contributed by atoms with E-state index >= 15 is 0 Å². The van der Waals surface area contributed by atoms with Crippen LogP contribution in [0.4, 0.5) is 0 Å². The summed E-state index contributed by atoms with van der Waals surface area (Å²) in [6.07, 6.45) is 0.928. The first-order chi connectivity index (χ1) is 12.1. The maximum atomic E-state index is 12.3. The lowest BCUT2D eigenvalue weighted by atomic mass is 10.1. The molecule has 0 heterocycles. The molecule has 144 valence electrons. The Bertz CT molecular complexity index is 750. The van der Waals surface area contributed by atoms with Gasteiger partial charge in [-0.2, -0.15) is 0 Å². The van der Waals surface area contributed by atoms with E-state index in [0.717, 1.165) is 6.26 Å². The first-order valence-corrected chi connectivity index (χ1v) is 10.3. The van der Waals surface area contributed by atoms with Gasteiger partial charge in [-0.1, -0.05) is 11.6 Å². The van der Waals surface area contributed by atoms with Gasteiger partial charge in [-0.05, 0) is 37.6 Å². The standard InChI is InChI=1S/C16H22ClN3O5S/c1-3-18-14(21)10-19-16(23)13(8-9-26(2,24)25)20-15(22)11-4-6-12(17)7-5-11/h4-7,13H,3,8-10H2,1-2H3,(H,18,21)(H,19,23)(H,20,22)/t13-/m1/s1. The first kappa shape index (κ1) is 21.9. The lowest BCUT2D eigenvalue weighted by molar-refractivity contribution is -0.127. The molecule has 0 aliphatic rings. The summed E-state index contributed by atoms with van der Waals surface area (Å²) in [4.78, 5) is 36.0. The van der Waals surface area contributed by atoms with Crippen LogP contribution in [0.25, 0.3) is 0 Å². The molecule has 0 aliphatic carbocycles. The fraction of sp³-hybridized carbons (Fsp3) is 0.438. The van der Waals surface area contributed by atoms with Gasteiger partial charge in [-0.15, -0.1) is 0 Å². The van der Waals surface area contributed by atoms with Crippen molar-refractivity contribution in [2.45, 2.75) is 19.4 Å². The van der Waals surface area contributed by atoms with Crippen molar-refractivity contribution in [1.29, 1.82) is 0 Å². The molecular formula is C16H22ClN3O5S. The van der Waals surface area contributed by atoms with Gasteiger partial charge in [0.15, 0.2) is 0 Å². The van der Waals surface area contributed by atoms with Gasteiger partial charge in [0, 0.05) is 23.4 Å². The molecule has 1 aromatic carbocycles. The summed E-state index contributed by atoms with van der Waals surface area (Å²) in [6.45, 7) is 1.89. The van der Waals surface area contributed by atoms with Gasteiger partial charge < -0.3 is 16.0 Å². The summed E-state index contributed by atoms with van der Waals surface area (Å²) in [5.41, 5.74) is 0.273. The normalized spacial score (nSPS) is 12.1. The van der Waals surface area contributed by atoms with E-state index in [2.05, 4.69) is 16.0 Å². The second kappa shape index (κ2) is 10.1. The average molecular weight is 404 g/mol. The van der Waals surface area contributed by atoms with Crippen molar-refractivity contribution in [3.8, 4) is 0 Å². The number of rotatable bonds is 9. The van der Waals surface area contributed by atoms with Crippen molar-refractivity contribution in [1.82, 2.24) is 16.0 Å². The number of hydrogen-bond donors (Lipinski definition) is 3. The predicted molar refractivity (Wildman–Crippen MR) is 98.7 cm³/mol. The third-order valence-corrected chi connectivity index (χ3v) is 4.53. The van der Waals surface area contributed by atoms with Crippen LogP contribution in [0.1, 0.15) is 23.7 Å². The van der Waals surface area contributed by atoms with Crippen molar-refractivity contribution >= 4 is 39.2 Å². The van der Waals surface area contributed by atoms with Gasteiger partial charge in [-0.3, -0.25) is 14.4 Å². The number of carbonyl (C=O) groups excluding carboxylic acids is 3. The molecule has 26 heavy (non-hydrogen) atoms. The number of benzene rings is 1. The van der Waals surface area contributed by atoms with Crippen LogP contribution >= 0.6 is 11.6 Å². The van der Waals surface area contributed by atoms with Crippen molar-refractivity contribution in [3.05, 3.63) is 34.9 Å². The van der Waals surface area contributed by atoms with Crippen LogP contribution in [0.2, 0.25) is 5.02 Å². The molecular weight excluding hydrogens is 382 g/mol. The Morgan fingerprint density at radius 1 is 1.12 bits per heavy atom. The summed E-state index contributed by atoms with van der Waals surface area (Å²) >= 11 is 5.77. The van der Waals surface area contributed by atoms with Gasteiger partial charge in [0.1, 0.15) is 15.9 Å². The van der Waals surface area contributed by atoms with Gasteiger partial charge in [0.2, 0.25) is 11.8 Å². The topological polar surface area (TPSA) is 121 Å². The molecule has 0 aromatic heterocycles. The van der Waals surface area contributed by atoms with Crippen molar-refractivity contribution in [2.24, 2.45) is 0 Å². The molecule has 0 fully saturated rings. The van der Waals surface area contributed by atoms with E-state index in [1.807, 2.05) is 0 Å². The highest BCUT2D eigenvalue weighted by Crippen LogP contribution is 2.10. The summed E-state index contributed by atoms with van der Waals surface area (Å²) in [6, 6.07) is 4.92. The zero-order valence-electron chi connectivity index (χ0n) is 14.5. The molecule has 0 saturated carbocycles. The summed E-state index contributed by atoms with van der Waals surface area (Å²) in [5, 5.41) is 7.85. The highest BCUT2D eigenvalue weighted by Gasteiger charge is 2.23. The summed E-state index contributed by atoms with van der Waals surface area (Å²) < 4.78 is 22.8. The summed E-state index contributed by atoms with van der Waals surface area (Å²) in [7, 11) is -3.33. The highest BCUT2D eigenvalue weighted by molar-refractivity contribution is 7.90. The number of hydrogen-bond acceptors (Lipinski definition) is 5. The van der Waals surface area contributed by atoms with Crippen LogP contribution in [0.3, 0.4) is 0 Å². The Kier molecular flexibility index (Phi) is 8.53. The van der Waals surface area contributed by atoms with Crippen molar-refractivity contribution in [2.75, 3.05) is 25.1 Å². The van der Waals surface area contributed by atoms with E-state index < -0.39 is 27.7 Å². The van der Waals surface area contributed by atoms with E-state index in [1.165, 1.54) is 24.3 Å². The molecule has 3 N–H and O–H groups in total. The maximum Gasteiger partial charge on any atom is 0.251 e. The van der Waals surface area contributed by atoms with Crippen LogP contribution in [0.15, 0.2) is 24.3 Å². The number of likely N-dealkylation sites (N-methyl/N-ethyl adjacent to an activating group) is 1. The Morgan fingerprint density at radius 2 is 1.73 bits per heavy atom. The van der Waals surface area contributed by atoms with E-state index in [9.17, 15) is 22.8 Å². The molecule has 0 radical (unpaired) electrons. The molecule has 1 rings (SSSR count). The van der Waals surface area contributed by atoms with Crippen LogP contribution in [0.5, 0.6) is 0 Å². The Hall–Kier alpha value is -2.13. The van der Waals surface area contributed by atoms with E-state index in [4.69, 9.17) is 11.6 Å². The average Bonchev–Trinajstić information content (AvgIpc) is 2.56. The lowest BCUT2D eigenvalue weighted by Crippen LogP contribution is -2.49. The Balaban J connectivity index is 2.79. The monoisotopic (exact) mass is 403 g/mol. The van der Waals surface area contributed by atoms with Crippen molar-refractivity contribution < 1.29 is 22.8 Å². The number of sulfone groups is 1. The zero-order valence-corrected chi connectivity index (χ0v) is 16.1. The molecule has 0 bridgehead atoms. The number of amides is 3. The molecule has 1 aromatic rings. The minimum Gasteiger partial charge on any atom is -0.355 e. The first-order valence-electron chi connectivity index (χ1n) is 7.91. The Morgan fingerprint density at radius 3 is 2.27 bits per heavy atom. The van der Waals surface area contributed by atoms with Crippen LogP contribution in [0, 0.1) is 0 Å². The molecule has 0 unspecified atom stereocenters. The number of halogens is 1. The minimum absolute atomic E-state index is 0.112. The summed E-state index contributed by atoms with van der Waals surface area (Å²) in [5.74, 6) is -1.85. The van der Waals surface area contributed by atoms with Gasteiger partial charge in [-0.25, -0.2) is 8.42 Å². The number of nitrogens with one attached hydrogen (secondary N) is 3. The Labute approximate surface area is 157 Å². The van der Waals surface area contributed by atoms with Crippen LogP contribution in [-0.4, -0.2) is 57.3 Å². The lowest BCUT2D eigenvalue weighted by Gasteiger charge is -2.18. The molecule has 8 nitrogen and oxygen atoms in total. The molecule has 0 aliphatic heterocycles. The van der Waals surface area contributed by atoms with Crippen LogP contribution < -0.4 is 16.0 Å². The smallest absolute Gasteiger partial charge is 0.251 e. The molecule has 10 heteroatoms. The molecule has 3 amide bonds. The second-order valence-electron chi connectivity index (χ2n) is 5.62. The van der Waals surface area contributed by atoms with Crippen molar-refractivity contribution in [3.63, 3.8) is 0 Å². The fourth-order valence-electron chi connectivity index (χ4n) is 1.99. The van der Waals surface area contributed by atoms with Gasteiger partial charge in [0.05, 0.1) is 12.3 Å². The number of carbonyl (C=O) groups is 3. The second-order valence-corrected chi connectivity index (χ2v) is 8.32. The third-order valence-electron chi connectivity index (χ3n) is 3.30. The van der Waals surface area contributed by atoms with E-state index in [0.29, 0.717) is 11.6 Å². The van der Waals surface area contributed by atoms with E-state index in [-0.39, 0.29) is 30.2 Å². The SMILES string of the molecule is CCNC(=O)CNC(=O)[C@@H](CCS(C)(=O)=O)NC(=O)c1ccc(Cl)cc1. The quantitative estimate of drug-likeness (QED) is 0.541. The zero-order chi connectivity index (χ0) is 19.7. The minimum atomic E-state index is -3.33. The van der Waals surface area contributed by atoms with Crippen LogP contribution in [-0.2, 0) is 19.4 Å². The maximum absolute atomic E-state index is 12.3. The fourth-order valence-corrected chi connectivity index (χ4v) is 2.78. The molecule has 0 spiro atoms. The predicted octanol–water partition coefficient (Wildman–Crippen LogP) is 0.125. The van der Waals surface area contributed by atoms with E-state index in [1.54, 1.807) is 6.92 Å². The highest BCUT2D eigenvalue weighted by atomic mass is 35.5. The largest absolute Gasteiger partial charge is 0.355 e. The van der Waals surface area contributed by atoms with Gasteiger partial charge in [0.25, 0.3) is 5.91 Å². The van der Waals surface area contributed by atoms with Gasteiger partial charge >= 0.3 is 0 Å². The molecule has 1 atom stereocenters.